The van der Waals surface area contributed by atoms with Crippen LogP contribution in [0.4, 0.5) is 0 Å². The standard InChI is InChI=1S/C17H18N4O5/c1-25-13-6-5-11(8-14(13)26-2)16(23)19-10-15(22)20-21-17(24)12-4-3-7-18-9-12/h3-9H,10H2,1-2H3,(H,19,23)(H,20,22)(H,21,24). The molecular weight excluding hydrogens is 340 g/mol. The molecule has 0 aliphatic heterocycles. The molecule has 1 aromatic carbocycles. The number of carbonyl (C=O) groups is 3. The first kappa shape index (κ1) is 18.7. The average molecular weight is 358 g/mol. The van der Waals surface area contributed by atoms with Crippen molar-refractivity contribution in [2.24, 2.45) is 0 Å². The molecule has 0 aliphatic rings. The maximum atomic E-state index is 12.1. The van der Waals surface area contributed by atoms with Gasteiger partial charge in [0, 0.05) is 18.0 Å². The minimum atomic E-state index is -0.587. The number of methoxy groups -OCH3 is 2. The first-order valence-corrected chi connectivity index (χ1v) is 7.54. The van der Waals surface area contributed by atoms with E-state index in [9.17, 15) is 14.4 Å². The largest absolute Gasteiger partial charge is 0.493 e. The van der Waals surface area contributed by atoms with Crippen molar-refractivity contribution in [3.8, 4) is 11.5 Å². The van der Waals surface area contributed by atoms with E-state index >= 15 is 0 Å². The highest BCUT2D eigenvalue weighted by molar-refractivity contribution is 5.98. The average Bonchev–Trinajstić information content (AvgIpc) is 2.70. The fourth-order valence-corrected chi connectivity index (χ4v) is 1.98. The minimum Gasteiger partial charge on any atom is -0.493 e. The molecule has 2 aromatic rings. The molecule has 0 fully saturated rings. The fraction of sp³-hybridized carbons (Fsp3) is 0.176. The highest BCUT2D eigenvalue weighted by Gasteiger charge is 2.12. The third-order valence-electron chi connectivity index (χ3n) is 3.29. The molecule has 0 saturated carbocycles. The van der Waals surface area contributed by atoms with Gasteiger partial charge in [0.05, 0.1) is 26.3 Å². The molecule has 0 bridgehead atoms. The number of nitrogens with one attached hydrogen (secondary N) is 3. The normalized spacial score (nSPS) is 9.77. The van der Waals surface area contributed by atoms with E-state index in [1.807, 2.05) is 0 Å². The van der Waals surface area contributed by atoms with Crippen LogP contribution in [0, 0.1) is 0 Å². The number of hydrazine groups is 1. The van der Waals surface area contributed by atoms with E-state index in [0.29, 0.717) is 22.6 Å². The Balaban J connectivity index is 1.83. The molecule has 0 unspecified atom stereocenters. The van der Waals surface area contributed by atoms with E-state index in [2.05, 4.69) is 21.2 Å². The maximum Gasteiger partial charge on any atom is 0.271 e. The van der Waals surface area contributed by atoms with Crippen LogP contribution in [0.2, 0.25) is 0 Å². The highest BCUT2D eigenvalue weighted by atomic mass is 16.5. The van der Waals surface area contributed by atoms with Crippen LogP contribution in [-0.2, 0) is 4.79 Å². The maximum absolute atomic E-state index is 12.1. The topological polar surface area (TPSA) is 119 Å². The second-order valence-corrected chi connectivity index (χ2v) is 5.00. The number of hydrogen-bond acceptors (Lipinski definition) is 6. The Bertz CT molecular complexity index is 795. The second kappa shape index (κ2) is 9.02. The number of ether oxygens (including phenoxy) is 2. The van der Waals surface area contributed by atoms with Gasteiger partial charge in [0.2, 0.25) is 0 Å². The summed E-state index contributed by atoms with van der Waals surface area (Å²) in [7, 11) is 2.94. The van der Waals surface area contributed by atoms with Crippen LogP contribution in [0.15, 0.2) is 42.7 Å². The van der Waals surface area contributed by atoms with E-state index in [-0.39, 0.29) is 6.54 Å². The fourth-order valence-electron chi connectivity index (χ4n) is 1.98. The Kier molecular flexibility index (Phi) is 6.49. The third-order valence-corrected chi connectivity index (χ3v) is 3.29. The van der Waals surface area contributed by atoms with Gasteiger partial charge >= 0.3 is 0 Å². The number of carbonyl (C=O) groups excluding carboxylic acids is 3. The molecule has 0 spiro atoms. The molecule has 0 atom stereocenters. The van der Waals surface area contributed by atoms with Gasteiger partial charge < -0.3 is 14.8 Å². The smallest absolute Gasteiger partial charge is 0.271 e. The van der Waals surface area contributed by atoms with Crippen LogP contribution in [0.1, 0.15) is 20.7 Å². The first-order valence-electron chi connectivity index (χ1n) is 7.54. The number of rotatable bonds is 6. The summed E-state index contributed by atoms with van der Waals surface area (Å²) in [5.74, 6) is -0.693. The predicted octanol–water partition coefficient (Wildman–Crippen LogP) is 0.290. The molecule has 3 amide bonds. The van der Waals surface area contributed by atoms with E-state index in [1.54, 1.807) is 24.3 Å². The number of nitrogens with zero attached hydrogens (tertiary/aromatic N) is 1. The van der Waals surface area contributed by atoms with Gasteiger partial charge in [0.25, 0.3) is 17.7 Å². The Morgan fingerprint density at radius 3 is 2.38 bits per heavy atom. The zero-order chi connectivity index (χ0) is 18.9. The minimum absolute atomic E-state index is 0.294. The molecule has 3 N–H and O–H groups in total. The summed E-state index contributed by atoms with van der Waals surface area (Å²) >= 11 is 0. The number of pyridine rings is 1. The van der Waals surface area contributed by atoms with Crippen LogP contribution in [0.5, 0.6) is 11.5 Å². The lowest BCUT2D eigenvalue weighted by Gasteiger charge is -2.10. The summed E-state index contributed by atoms with van der Waals surface area (Å²) in [6.45, 7) is -0.319. The van der Waals surface area contributed by atoms with Crippen molar-refractivity contribution in [1.29, 1.82) is 0 Å². The number of aromatic nitrogens is 1. The number of hydrogen-bond donors (Lipinski definition) is 3. The van der Waals surface area contributed by atoms with Crippen LogP contribution < -0.4 is 25.6 Å². The molecule has 1 heterocycles. The van der Waals surface area contributed by atoms with Crippen LogP contribution in [0.25, 0.3) is 0 Å². The van der Waals surface area contributed by atoms with E-state index in [0.717, 1.165) is 0 Å². The Morgan fingerprint density at radius 2 is 1.73 bits per heavy atom. The van der Waals surface area contributed by atoms with Gasteiger partial charge in [-0.2, -0.15) is 0 Å². The lowest BCUT2D eigenvalue weighted by Crippen LogP contribution is -2.46. The zero-order valence-corrected chi connectivity index (χ0v) is 14.2. The van der Waals surface area contributed by atoms with Gasteiger partial charge in [0.15, 0.2) is 11.5 Å². The van der Waals surface area contributed by atoms with Gasteiger partial charge in [-0.3, -0.25) is 30.2 Å². The Morgan fingerprint density at radius 1 is 0.962 bits per heavy atom. The molecule has 136 valence electrons. The quantitative estimate of drug-likeness (QED) is 0.639. The molecular formula is C17H18N4O5. The van der Waals surface area contributed by atoms with Gasteiger partial charge in [-0.25, -0.2) is 0 Å². The molecule has 9 heteroatoms. The SMILES string of the molecule is COc1ccc(C(=O)NCC(=O)NNC(=O)c2cccnc2)cc1OC. The Hall–Kier alpha value is -3.62. The van der Waals surface area contributed by atoms with Crippen LogP contribution >= 0.6 is 0 Å². The lowest BCUT2D eigenvalue weighted by molar-refractivity contribution is -0.120. The lowest BCUT2D eigenvalue weighted by atomic mass is 10.2. The number of amides is 3. The van der Waals surface area contributed by atoms with Crippen LogP contribution in [0.3, 0.4) is 0 Å². The van der Waals surface area contributed by atoms with Crippen LogP contribution in [-0.4, -0.2) is 43.5 Å². The molecule has 0 aliphatic carbocycles. The summed E-state index contributed by atoms with van der Waals surface area (Å²) in [5, 5.41) is 2.44. The molecule has 26 heavy (non-hydrogen) atoms. The van der Waals surface area contributed by atoms with Crippen molar-refractivity contribution in [2.45, 2.75) is 0 Å². The van der Waals surface area contributed by atoms with Gasteiger partial charge in [0.1, 0.15) is 0 Å². The van der Waals surface area contributed by atoms with Gasteiger partial charge in [-0.15, -0.1) is 0 Å². The summed E-state index contributed by atoms with van der Waals surface area (Å²) in [5.41, 5.74) is 5.03. The highest BCUT2D eigenvalue weighted by Crippen LogP contribution is 2.27. The monoisotopic (exact) mass is 358 g/mol. The summed E-state index contributed by atoms with van der Waals surface area (Å²) in [6.07, 6.45) is 2.89. The van der Waals surface area contributed by atoms with Gasteiger partial charge in [-0.05, 0) is 30.3 Å². The van der Waals surface area contributed by atoms with Crippen molar-refractivity contribution >= 4 is 17.7 Å². The third kappa shape index (κ3) is 4.94. The van der Waals surface area contributed by atoms with E-state index in [4.69, 9.17) is 9.47 Å². The van der Waals surface area contributed by atoms with Crippen molar-refractivity contribution in [1.82, 2.24) is 21.2 Å². The summed E-state index contributed by atoms with van der Waals surface area (Å²) in [6, 6.07) is 7.77. The van der Waals surface area contributed by atoms with E-state index in [1.165, 1.54) is 32.7 Å². The zero-order valence-electron chi connectivity index (χ0n) is 14.2. The summed E-state index contributed by atoms with van der Waals surface area (Å²) in [4.78, 5) is 39.4. The predicted molar refractivity (Wildman–Crippen MR) is 91.7 cm³/mol. The van der Waals surface area contributed by atoms with Crippen molar-refractivity contribution in [3.63, 3.8) is 0 Å². The molecule has 0 radical (unpaired) electrons. The van der Waals surface area contributed by atoms with Crippen molar-refractivity contribution < 1.29 is 23.9 Å². The molecule has 0 saturated heterocycles. The summed E-state index contributed by atoms with van der Waals surface area (Å²) < 4.78 is 10.2. The van der Waals surface area contributed by atoms with Crippen molar-refractivity contribution in [2.75, 3.05) is 20.8 Å². The molecule has 2 rings (SSSR count). The molecule has 9 nitrogen and oxygen atoms in total. The van der Waals surface area contributed by atoms with Gasteiger partial charge in [-0.1, -0.05) is 0 Å². The first-order chi connectivity index (χ1) is 12.5. The van der Waals surface area contributed by atoms with Crippen molar-refractivity contribution in [3.05, 3.63) is 53.9 Å². The Labute approximate surface area is 149 Å². The van der Waals surface area contributed by atoms with E-state index < -0.39 is 17.7 Å². The second-order valence-electron chi connectivity index (χ2n) is 5.00. The number of benzene rings is 1. The molecule has 1 aromatic heterocycles.